The minimum absolute atomic E-state index is 0.0124. The molecule has 0 radical (unpaired) electrons. The Morgan fingerprint density at radius 1 is 0.560 bits per heavy atom. The number of cyclic esters (lactones) is 1. The highest BCUT2D eigenvalue weighted by atomic mass is 16.9. The van der Waals surface area contributed by atoms with Gasteiger partial charge >= 0.3 is 29.8 Å². The molecule has 0 aromatic heterocycles. The van der Waals surface area contributed by atoms with E-state index < -0.39 is 71.3 Å². The zero-order valence-corrected chi connectivity index (χ0v) is 66.0. The number of benzene rings is 3. The Hall–Kier alpha value is -5.79. The Kier molecular flexibility index (Phi) is 36.7. The summed E-state index contributed by atoms with van der Waals surface area (Å²) >= 11 is 0. The van der Waals surface area contributed by atoms with Crippen molar-refractivity contribution >= 4 is 29.8 Å². The monoisotopic (exact) mass is 1400 g/mol. The SMILES string of the molecule is CCC(C)(C)C(=O)OC1(CC)CC(C)CCC1C(C)C.CCC(C)(C)C(=O)OC1C(=O)OC2C3OC(C)(C)OC3OC12.CCC(C)(C)C(=O)OC1CCOC1=O.CCC(C)c1ccc(O)cc1.CCOC(C)Oc1ccc(C(C)CC)cc1.CCOC(CC)Oc1ccc(C(C)CC)cc1. The Morgan fingerprint density at radius 3 is 1.46 bits per heavy atom. The molecule has 0 bridgehead atoms. The van der Waals surface area contributed by atoms with Crippen molar-refractivity contribution in [3.8, 4) is 17.2 Å². The lowest BCUT2D eigenvalue weighted by molar-refractivity contribution is -0.217. The fourth-order valence-electron chi connectivity index (χ4n) is 11.6. The van der Waals surface area contributed by atoms with Gasteiger partial charge in [-0.3, -0.25) is 14.4 Å². The molecule has 0 amide bonds. The number of fused-ring (bicyclic) bond motifs is 3. The summed E-state index contributed by atoms with van der Waals surface area (Å²) in [4.78, 5) is 59.4. The maximum Gasteiger partial charge on any atom is 0.350 e. The molecule has 100 heavy (non-hydrogen) atoms. The van der Waals surface area contributed by atoms with E-state index in [2.05, 4.69) is 107 Å². The Morgan fingerprint density at radius 2 is 1.03 bits per heavy atom. The predicted octanol–water partition coefficient (Wildman–Crippen LogP) is 18.8. The molecule has 5 fully saturated rings. The third-order valence-corrected chi connectivity index (χ3v) is 20.4. The molecule has 4 heterocycles. The number of phenolic OH excluding ortho intramolecular Hbond substituents is 1. The maximum atomic E-state index is 12.6. The molecule has 18 nitrogen and oxygen atoms in total. The summed E-state index contributed by atoms with van der Waals surface area (Å²) in [7, 11) is 0. The molecule has 8 rings (SSSR count). The van der Waals surface area contributed by atoms with Crippen molar-refractivity contribution in [1.29, 1.82) is 0 Å². The molecular formula is C82H132O18. The maximum absolute atomic E-state index is 12.6. The highest BCUT2D eigenvalue weighted by molar-refractivity contribution is 5.84. The summed E-state index contributed by atoms with van der Waals surface area (Å²) in [6, 6.07) is 24.0. The zero-order chi connectivity index (χ0) is 75.5. The Bertz CT molecular complexity index is 2880. The normalized spacial score (nSPS) is 24.2. The molecular weight excluding hydrogens is 1270 g/mol. The molecule has 14 atom stereocenters. The fraction of sp³-hybridized carbons (Fsp3) is 0.720. The van der Waals surface area contributed by atoms with Crippen LogP contribution < -0.4 is 9.47 Å². The minimum Gasteiger partial charge on any atom is -0.508 e. The van der Waals surface area contributed by atoms with Gasteiger partial charge in [-0.2, -0.15) is 0 Å². The quantitative estimate of drug-likeness (QED) is 0.0449. The average molecular weight is 1410 g/mol. The van der Waals surface area contributed by atoms with Crippen LogP contribution in [0.5, 0.6) is 17.2 Å². The molecule has 4 aliphatic heterocycles. The molecule has 1 N–H and O–H groups in total. The summed E-state index contributed by atoms with van der Waals surface area (Å²) in [5, 5.41) is 9.01. The van der Waals surface area contributed by atoms with Crippen molar-refractivity contribution in [3.63, 3.8) is 0 Å². The Balaban J connectivity index is 0.000000316. The average Bonchev–Trinajstić information content (AvgIpc) is 1.57. The van der Waals surface area contributed by atoms with E-state index in [0.29, 0.717) is 80.3 Å². The van der Waals surface area contributed by atoms with Crippen molar-refractivity contribution in [2.45, 2.75) is 329 Å². The minimum atomic E-state index is -1.07. The standard InChI is InChI=1S/C18H34O2.C15H22O7.C15H24O2.C14H22O2.C10H16O4.C10H14O/c1-8-17(6,7)16(19)20-18(9-2)12-14(5)10-11-15(18)13(3)4;1-6-14(2,3)13(17)20-9-7-8(18-11(9)16)10-12(19-7)22-15(4,5)21-10;1-5-12(4)13-8-10-14(11-9-13)17-15(6-2)16-7-3;1-5-11(3)13-7-9-14(10-8-13)16-12(4)15-6-2;1-4-10(2,3)9(12)14-7-5-6-13-8(7)11;1-3-8(2)9-4-6-10(11)7-5-9/h13-15H,8-12H2,1-7H3;7-10,12H,6H2,1-5H3;8-12,15H,5-7H2,1-4H3;7-12H,5-6H2,1-4H3;7H,4-6H2,1-3H3;4-8,11H,3H2,1-2H3. The van der Waals surface area contributed by atoms with E-state index in [-0.39, 0.29) is 35.5 Å². The van der Waals surface area contributed by atoms with Crippen molar-refractivity contribution in [1.82, 2.24) is 0 Å². The molecule has 1 aliphatic carbocycles. The first-order valence-electron chi connectivity index (χ1n) is 37.5. The van der Waals surface area contributed by atoms with Crippen LogP contribution in [0.3, 0.4) is 0 Å². The van der Waals surface area contributed by atoms with E-state index in [0.717, 1.165) is 56.4 Å². The second-order valence-corrected chi connectivity index (χ2v) is 30.1. The van der Waals surface area contributed by atoms with Gasteiger partial charge in [0.25, 0.3) is 0 Å². The molecule has 0 spiro atoms. The van der Waals surface area contributed by atoms with Gasteiger partial charge in [-0.25, -0.2) is 9.59 Å². The number of carbonyl (C=O) groups excluding carboxylic acids is 5. The van der Waals surface area contributed by atoms with Crippen LogP contribution in [0.2, 0.25) is 0 Å². The van der Waals surface area contributed by atoms with Crippen LogP contribution >= 0.6 is 0 Å². The molecule has 3 aromatic rings. The first-order valence-corrected chi connectivity index (χ1v) is 37.5. The number of carbonyl (C=O) groups is 5. The van der Waals surface area contributed by atoms with E-state index in [4.69, 9.17) is 61.9 Å². The van der Waals surface area contributed by atoms with Crippen LogP contribution in [0.1, 0.15) is 285 Å². The number of rotatable bonds is 26. The molecule has 568 valence electrons. The summed E-state index contributed by atoms with van der Waals surface area (Å²) in [6.45, 7) is 52.4. The molecule has 14 unspecified atom stereocenters. The second-order valence-electron chi connectivity index (χ2n) is 30.1. The summed E-state index contributed by atoms with van der Waals surface area (Å²) in [5.74, 6) is 3.04. The molecule has 1 saturated carbocycles. The summed E-state index contributed by atoms with van der Waals surface area (Å²) in [6.07, 6.45) is 6.88. The molecule has 18 heteroatoms. The molecule has 4 saturated heterocycles. The third-order valence-electron chi connectivity index (χ3n) is 20.4. The number of aromatic hydroxyl groups is 1. The van der Waals surface area contributed by atoms with Crippen LogP contribution in [0.15, 0.2) is 72.8 Å². The van der Waals surface area contributed by atoms with E-state index in [9.17, 15) is 24.0 Å². The number of phenols is 1. The molecule has 5 aliphatic rings. The number of ether oxygens (including phenoxy) is 12. The first-order chi connectivity index (χ1) is 46.9. The van der Waals surface area contributed by atoms with E-state index >= 15 is 0 Å². The number of esters is 5. The largest absolute Gasteiger partial charge is 0.508 e. The zero-order valence-electron chi connectivity index (χ0n) is 66.0. The van der Waals surface area contributed by atoms with Gasteiger partial charge < -0.3 is 61.9 Å². The number of hydrogen-bond acceptors (Lipinski definition) is 18. The number of hydrogen-bond donors (Lipinski definition) is 1. The van der Waals surface area contributed by atoms with E-state index in [1.807, 2.05) is 84.9 Å². The van der Waals surface area contributed by atoms with Gasteiger partial charge in [0.2, 0.25) is 12.2 Å². The van der Waals surface area contributed by atoms with Crippen LogP contribution in [0.25, 0.3) is 0 Å². The van der Waals surface area contributed by atoms with Crippen molar-refractivity contribution in [2.24, 2.45) is 34.0 Å². The van der Waals surface area contributed by atoms with E-state index in [1.165, 1.54) is 29.5 Å². The van der Waals surface area contributed by atoms with Gasteiger partial charge in [0.1, 0.15) is 29.0 Å². The lowest BCUT2D eigenvalue weighted by Gasteiger charge is -2.48. The van der Waals surface area contributed by atoms with Gasteiger partial charge in [0.05, 0.1) is 22.9 Å². The van der Waals surface area contributed by atoms with Gasteiger partial charge in [-0.1, -0.05) is 140 Å². The van der Waals surface area contributed by atoms with Crippen LogP contribution in [0.4, 0.5) is 0 Å². The second kappa shape index (κ2) is 41.5. The van der Waals surface area contributed by atoms with Gasteiger partial charge in [0, 0.05) is 32.0 Å². The van der Waals surface area contributed by atoms with Gasteiger partial charge in [-0.15, -0.1) is 0 Å². The fourth-order valence-corrected chi connectivity index (χ4v) is 11.6. The first kappa shape index (κ1) is 88.4. The van der Waals surface area contributed by atoms with Crippen molar-refractivity contribution in [3.05, 3.63) is 89.5 Å². The lowest BCUT2D eigenvalue weighted by Crippen LogP contribution is -2.50. The predicted molar refractivity (Wildman–Crippen MR) is 392 cm³/mol. The van der Waals surface area contributed by atoms with Crippen LogP contribution in [-0.2, 0) is 71.3 Å². The summed E-state index contributed by atoms with van der Waals surface area (Å²) < 4.78 is 65.8. The highest BCUT2D eigenvalue weighted by Crippen LogP contribution is 2.47. The highest BCUT2D eigenvalue weighted by Gasteiger charge is 2.64. The van der Waals surface area contributed by atoms with Crippen LogP contribution in [-0.4, -0.2) is 116 Å². The topological polar surface area (TPSA) is 216 Å². The van der Waals surface area contributed by atoms with Crippen LogP contribution in [0, 0.1) is 34.0 Å². The van der Waals surface area contributed by atoms with Gasteiger partial charge in [0.15, 0.2) is 36.9 Å². The van der Waals surface area contributed by atoms with Gasteiger partial charge in [-0.05, 0) is 217 Å². The smallest absolute Gasteiger partial charge is 0.350 e. The van der Waals surface area contributed by atoms with E-state index in [1.54, 1.807) is 53.7 Å². The lowest BCUT2D eigenvalue weighted by atomic mass is 9.65. The third kappa shape index (κ3) is 26.8. The Labute approximate surface area is 602 Å². The van der Waals surface area contributed by atoms with Crippen molar-refractivity contribution in [2.75, 3.05) is 19.8 Å². The van der Waals surface area contributed by atoms with Crippen molar-refractivity contribution < 1.29 is 85.9 Å². The summed E-state index contributed by atoms with van der Waals surface area (Å²) in [5.41, 5.74) is 2.22. The molecule has 3 aromatic carbocycles.